The van der Waals surface area contributed by atoms with Crippen LogP contribution in [-0.4, -0.2) is 60.5 Å². The predicted molar refractivity (Wildman–Crippen MR) is 110 cm³/mol. The van der Waals surface area contributed by atoms with Crippen molar-refractivity contribution in [2.45, 2.75) is 45.3 Å². The molecule has 8 heteroatoms. The van der Waals surface area contributed by atoms with Gasteiger partial charge in [-0.25, -0.2) is 4.79 Å². The minimum Gasteiger partial charge on any atom is -0.444 e. The number of hydrogen-bond donors (Lipinski definition) is 2. The first-order valence-corrected chi connectivity index (χ1v) is 10.2. The summed E-state index contributed by atoms with van der Waals surface area (Å²) >= 11 is 3.33. The topological polar surface area (TPSA) is 87.7 Å². The summed E-state index contributed by atoms with van der Waals surface area (Å²) in [4.78, 5) is 38.2. The van der Waals surface area contributed by atoms with Gasteiger partial charge < -0.3 is 15.4 Å². The second-order valence-electron chi connectivity index (χ2n) is 7.93. The molecule has 1 aliphatic rings. The van der Waals surface area contributed by atoms with Gasteiger partial charge in [0, 0.05) is 22.6 Å². The molecule has 1 aliphatic heterocycles. The molecule has 0 saturated carbocycles. The molecule has 2 rings (SSSR count). The van der Waals surface area contributed by atoms with Crippen molar-refractivity contribution in [2.75, 3.05) is 26.2 Å². The van der Waals surface area contributed by atoms with E-state index in [0.717, 1.165) is 23.9 Å². The number of carbonyl (C=O) groups excluding carboxylic acids is 3. The van der Waals surface area contributed by atoms with Crippen LogP contribution in [0.2, 0.25) is 0 Å². The Bertz CT molecular complexity index is 700. The van der Waals surface area contributed by atoms with E-state index in [1.54, 1.807) is 24.3 Å². The Kier molecular flexibility index (Phi) is 8.00. The molecule has 28 heavy (non-hydrogen) atoms. The largest absolute Gasteiger partial charge is 0.444 e. The number of ether oxygens (including phenoxy) is 1. The Morgan fingerprint density at radius 1 is 1.21 bits per heavy atom. The standard InChI is InChI=1S/C20H28BrN3O4/c1-20(2,3)28-19(27)23-16-5-4-10-24(12-16)13-18(26)22-11-17(25)14-6-8-15(21)9-7-14/h6-9,16H,4-5,10-13H2,1-3H3,(H,22,26)(H,23,27)/t16-/m0/s1. The quantitative estimate of drug-likeness (QED) is 0.646. The number of ketones is 1. The molecule has 0 unspecified atom stereocenters. The fourth-order valence-electron chi connectivity index (χ4n) is 2.97. The van der Waals surface area contributed by atoms with E-state index in [0.29, 0.717) is 12.1 Å². The number of alkyl carbamates (subject to hydrolysis) is 1. The minimum atomic E-state index is -0.542. The van der Waals surface area contributed by atoms with Crippen LogP contribution in [0.3, 0.4) is 0 Å². The number of piperidine rings is 1. The van der Waals surface area contributed by atoms with Gasteiger partial charge in [-0.15, -0.1) is 0 Å². The van der Waals surface area contributed by atoms with Crippen molar-refractivity contribution >= 4 is 33.7 Å². The third kappa shape index (κ3) is 7.98. The van der Waals surface area contributed by atoms with Crippen molar-refractivity contribution in [3.05, 3.63) is 34.3 Å². The highest BCUT2D eigenvalue weighted by molar-refractivity contribution is 9.10. The Hall–Kier alpha value is -1.93. The summed E-state index contributed by atoms with van der Waals surface area (Å²) in [6, 6.07) is 6.97. The fraction of sp³-hybridized carbons (Fsp3) is 0.550. The number of nitrogens with zero attached hydrogens (tertiary/aromatic N) is 1. The summed E-state index contributed by atoms with van der Waals surface area (Å²) in [5.74, 6) is -0.340. The van der Waals surface area contributed by atoms with Crippen molar-refractivity contribution in [2.24, 2.45) is 0 Å². The maximum atomic E-state index is 12.2. The number of amides is 2. The summed E-state index contributed by atoms with van der Waals surface area (Å²) in [7, 11) is 0. The van der Waals surface area contributed by atoms with Gasteiger partial charge in [-0.1, -0.05) is 28.1 Å². The van der Waals surface area contributed by atoms with Crippen LogP contribution in [0.15, 0.2) is 28.7 Å². The highest BCUT2D eigenvalue weighted by Gasteiger charge is 2.25. The molecule has 0 bridgehead atoms. The third-order valence-electron chi connectivity index (χ3n) is 4.21. The number of halogens is 1. The molecule has 1 fully saturated rings. The highest BCUT2D eigenvalue weighted by atomic mass is 79.9. The maximum Gasteiger partial charge on any atom is 0.407 e. The number of benzene rings is 1. The molecule has 2 N–H and O–H groups in total. The van der Waals surface area contributed by atoms with Gasteiger partial charge in [0.25, 0.3) is 0 Å². The van der Waals surface area contributed by atoms with Gasteiger partial charge in [-0.2, -0.15) is 0 Å². The minimum absolute atomic E-state index is 0.0338. The molecule has 1 atom stereocenters. The van der Waals surface area contributed by atoms with Gasteiger partial charge in [-0.3, -0.25) is 14.5 Å². The number of nitrogens with one attached hydrogen (secondary N) is 2. The van der Waals surface area contributed by atoms with Crippen LogP contribution in [0.5, 0.6) is 0 Å². The van der Waals surface area contributed by atoms with Gasteiger partial charge in [0.2, 0.25) is 5.91 Å². The molecule has 1 aromatic rings. The monoisotopic (exact) mass is 453 g/mol. The molecule has 0 radical (unpaired) electrons. The molecule has 0 spiro atoms. The lowest BCUT2D eigenvalue weighted by molar-refractivity contribution is -0.122. The van der Waals surface area contributed by atoms with Crippen LogP contribution < -0.4 is 10.6 Å². The average molecular weight is 454 g/mol. The molecule has 7 nitrogen and oxygen atoms in total. The summed E-state index contributed by atoms with van der Waals surface area (Å²) in [5, 5.41) is 5.54. The van der Waals surface area contributed by atoms with E-state index in [9.17, 15) is 14.4 Å². The summed E-state index contributed by atoms with van der Waals surface area (Å²) in [5.41, 5.74) is 0.0165. The van der Waals surface area contributed by atoms with E-state index in [-0.39, 0.29) is 30.8 Å². The van der Waals surface area contributed by atoms with E-state index < -0.39 is 11.7 Å². The molecule has 154 valence electrons. The average Bonchev–Trinajstić information content (AvgIpc) is 2.59. The second-order valence-corrected chi connectivity index (χ2v) is 8.84. The van der Waals surface area contributed by atoms with E-state index in [4.69, 9.17) is 4.74 Å². The lowest BCUT2D eigenvalue weighted by atomic mass is 10.1. The normalized spacial score (nSPS) is 17.6. The first-order valence-electron chi connectivity index (χ1n) is 9.40. The Labute approximate surface area is 174 Å². The number of likely N-dealkylation sites (tertiary alicyclic amines) is 1. The summed E-state index contributed by atoms with van der Waals surface area (Å²) in [6.45, 7) is 6.97. The van der Waals surface area contributed by atoms with E-state index in [2.05, 4.69) is 26.6 Å². The summed E-state index contributed by atoms with van der Waals surface area (Å²) < 4.78 is 6.18. The van der Waals surface area contributed by atoms with Crippen LogP contribution >= 0.6 is 15.9 Å². The number of hydrogen-bond acceptors (Lipinski definition) is 5. The van der Waals surface area contributed by atoms with Crippen LogP contribution in [0.4, 0.5) is 4.79 Å². The van der Waals surface area contributed by atoms with Crippen molar-refractivity contribution in [1.29, 1.82) is 0 Å². The Morgan fingerprint density at radius 3 is 2.54 bits per heavy atom. The van der Waals surface area contributed by atoms with Crippen molar-refractivity contribution < 1.29 is 19.1 Å². The van der Waals surface area contributed by atoms with Gasteiger partial charge in [-0.05, 0) is 52.3 Å². The van der Waals surface area contributed by atoms with Gasteiger partial charge >= 0.3 is 6.09 Å². The molecule has 1 aromatic carbocycles. The Morgan fingerprint density at radius 2 is 1.89 bits per heavy atom. The van der Waals surface area contributed by atoms with Gasteiger partial charge in [0.1, 0.15) is 5.60 Å². The smallest absolute Gasteiger partial charge is 0.407 e. The van der Waals surface area contributed by atoms with E-state index >= 15 is 0 Å². The number of Topliss-reactive ketones (excluding diaryl/α,β-unsaturated/α-hetero) is 1. The molecule has 1 saturated heterocycles. The van der Waals surface area contributed by atoms with Crippen LogP contribution in [0.25, 0.3) is 0 Å². The lowest BCUT2D eigenvalue weighted by Crippen LogP contribution is -2.51. The third-order valence-corrected chi connectivity index (χ3v) is 4.73. The first kappa shape index (κ1) is 22.4. The molecule has 2 amide bonds. The number of rotatable bonds is 6. The Balaban J connectivity index is 1.74. The maximum absolute atomic E-state index is 12.2. The predicted octanol–water partition coefficient (Wildman–Crippen LogP) is 2.74. The van der Waals surface area contributed by atoms with Crippen LogP contribution in [0, 0.1) is 0 Å². The van der Waals surface area contributed by atoms with Crippen molar-refractivity contribution in [3.8, 4) is 0 Å². The highest BCUT2D eigenvalue weighted by Crippen LogP contribution is 2.13. The zero-order chi connectivity index (χ0) is 20.7. The number of carbonyl (C=O) groups is 3. The molecule has 0 aromatic heterocycles. The lowest BCUT2D eigenvalue weighted by Gasteiger charge is -2.33. The molecule has 1 heterocycles. The first-order chi connectivity index (χ1) is 13.1. The summed E-state index contributed by atoms with van der Waals surface area (Å²) in [6.07, 6.45) is 1.29. The zero-order valence-corrected chi connectivity index (χ0v) is 18.2. The fourth-order valence-corrected chi connectivity index (χ4v) is 3.23. The zero-order valence-electron chi connectivity index (χ0n) is 16.6. The second kappa shape index (κ2) is 10.0. The molecular weight excluding hydrogens is 426 g/mol. The van der Waals surface area contributed by atoms with Gasteiger partial charge in [0.05, 0.1) is 13.1 Å². The van der Waals surface area contributed by atoms with E-state index in [1.807, 2.05) is 25.7 Å². The van der Waals surface area contributed by atoms with Crippen LogP contribution in [0.1, 0.15) is 44.0 Å². The SMILES string of the molecule is CC(C)(C)OC(=O)N[C@H]1CCCN(CC(=O)NCC(=O)c2ccc(Br)cc2)C1. The van der Waals surface area contributed by atoms with Crippen molar-refractivity contribution in [3.63, 3.8) is 0 Å². The van der Waals surface area contributed by atoms with E-state index in [1.165, 1.54) is 0 Å². The van der Waals surface area contributed by atoms with Gasteiger partial charge in [0.15, 0.2) is 5.78 Å². The molecular formula is C20H28BrN3O4. The molecule has 0 aliphatic carbocycles. The van der Waals surface area contributed by atoms with Crippen LogP contribution in [-0.2, 0) is 9.53 Å². The van der Waals surface area contributed by atoms with Crippen molar-refractivity contribution in [1.82, 2.24) is 15.5 Å².